The molecule has 15 heavy (non-hydrogen) atoms. The summed E-state index contributed by atoms with van der Waals surface area (Å²) in [7, 11) is 1.65. The zero-order valence-electron chi connectivity index (χ0n) is 9.72. The smallest absolute Gasteiger partial charge is 0.220 e. The van der Waals surface area contributed by atoms with E-state index < -0.39 is 0 Å². The van der Waals surface area contributed by atoms with Crippen molar-refractivity contribution in [2.24, 2.45) is 0 Å². The van der Waals surface area contributed by atoms with Crippen LogP contribution in [0.15, 0.2) is 0 Å². The monoisotopic (exact) mass is 279 g/mol. The van der Waals surface area contributed by atoms with Gasteiger partial charge in [-0.25, -0.2) is 0 Å². The van der Waals surface area contributed by atoms with E-state index in [9.17, 15) is 4.79 Å². The van der Waals surface area contributed by atoms with E-state index in [1.165, 1.54) is 12.8 Å². The maximum absolute atomic E-state index is 11.3. The summed E-state index contributed by atoms with van der Waals surface area (Å²) in [5.74, 6) is 0.145. The molecule has 0 aromatic carbocycles. The Morgan fingerprint density at radius 1 is 1.40 bits per heavy atom. The van der Waals surface area contributed by atoms with Crippen molar-refractivity contribution < 1.29 is 9.53 Å². The van der Waals surface area contributed by atoms with Gasteiger partial charge in [0.1, 0.15) is 0 Å². The lowest BCUT2D eigenvalue weighted by Crippen LogP contribution is -2.31. The molecule has 0 saturated heterocycles. The summed E-state index contributed by atoms with van der Waals surface area (Å²) in [6.07, 6.45) is 5.22. The minimum Gasteiger partial charge on any atom is -0.383 e. The van der Waals surface area contributed by atoms with E-state index in [1.54, 1.807) is 7.11 Å². The van der Waals surface area contributed by atoms with E-state index in [0.717, 1.165) is 12.8 Å². The van der Waals surface area contributed by atoms with Crippen molar-refractivity contribution in [3.8, 4) is 0 Å². The quantitative estimate of drug-likeness (QED) is 0.520. The molecule has 1 N–H and O–H groups in total. The highest BCUT2D eigenvalue weighted by molar-refractivity contribution is 9.09. The third-order valence-electron chi connectivity index (χ3n) is 2.13. The summed E-state index contributed by atoms with van der Waals surface area (Å²) in [5, 5.41) is 2.88. The van der Waals surface area contributed by atoms with Crippen LogP contribution in [0.25, 0.3) is 0 Å². The van der Waals surface area contributed by atoms with Crippen molar-refractivity contribution in [2.45, 2.75) is 43.9 Å². The average molecular weight is 280 g/mol. The van der Waals surface area contributed by atoms with Crippen LogP contribution < -0.4 is 5.32 Å². The third-order valence-corrected chi connectivity index (χ3v) is 2.71. The highest BCUT2D eigenvalue weighted by Gasteiger charge is 2.05. The molecule has 0 aromatic rings. The lowest BCUT2D eigenvalue weighted by Gasteiger charge is -2.09. The van der Waals surface area contributed by atoms with Crippen LogP contribution in [0.3, 0.4) is 0 Å². The molecular formula is C11H22BrNO2. The zero-order chi connectivity index (χ0) is 11.5. The first-order valence-electron chi connectivity index (χ1n) is 5.60. The maximum atomic E-state index is 11.3. The molecule has 0 radical (unpaired) electrons. The van der Waals surface area contributed by atoms with E-state index in [4.69, 9.17) is 4.74 Å². The number of rotatable bonds is 9. The van der Waals surface area contributed by atoms with Crippen LogP contribution in [0.5, 0.6) is 0 Å². The molecule has 90 valence electrons. The van der Waals surface area contributed by atoms with Gasteiger partial charge in [-0.15, -0.1) is 0 Å². The van der Waals surface area contributed by atoms with Gasteiger partial charge in [-0.1, -0.05) is 42.1 Å². The largest absolute Gasteiger partial charge is 0.383 e. The van der Waals surface area contributed by atoms with Crippen molar-refractivity contribution in [3.05, 3.63) is 0 Å². The van der Waals surface area contributed by atoms with Gasteiger partial charge in [-0.05, 0) is 6.42 Å². The Balaban J connectivity index is 3.32. The first kappa shape index (κ1) is 14.9. The fourth-order valence-electron chi connectivity index (χ4n) is 1.27. The van der Waals surface area contributed by atoms with Crippen molar-refractivity contribution in [3.63, 3.8) is 0 Å². The number of alkyl halides is 1. The molecule has 0 aromatic heterocycles. The number of hydrogen-bond acceptors (Lipinski definition) is 2. The maximum Gasteiger partial charge on any atom is 0.220 e. The second-order valence-electron chi connectivity index (χ2n) is 3.67. The Labute approximate surface area is 101 Å². The minimum absolute atomic E-state index is 0.145. The second-order valence-corrected chi connectivity index (χ2v) is 4.96. The number of carbonyl (C=O) groups is 1. The Hall–Kier alpha value is -0.0900. The fraction of sp³-hybridized carbons (Fsp3) is 0.909. The van der Waals surface area contributed by atoms with Crippen molar-refractivity contribution in [2.75, 3.05) is 20.3 Å². The number of hydrogen-bond donors (Lipinski definition) is 1. The van der Waals surface area contributed by atoms with Crippen molar-refractivity contribution in [1.82, 2.24) is 5.32 Å². The fourth-order valence-corrected chi connectivity index (χ4v) is 1.69. The third kappa shape index (κ3) is 10.2. The number of methoxy groups -OCH3 is 1. The van der Waals surface area contributed by atoms with Gasteiger partial charge in [-0.2, -0.15) is 0 Å². The van der Waals surface area contributed by atoms with Gasteiger partial charge in [0.25, 0.3) is 0 Å². The zero-order valence-corrected chi connectivity index (χ0v) is 11.3. The van der Waals surface area contributed by atoms with Gasteiger partial charge in [0, 0.05) is 20.1 Å². The highest BCUT2D eigenvalue weighted by Crippen LogP contribution is 2.02. The summed E-state index contributed by atoms with van der Waals surface area (Å²) in [5.41, 5.74) is 0. The number of halogens is 1. The molecule has 0 aliphatic rings. The molecule has 1 atom stereocenters. The molecule has 0 aliphatic carbocycles. The van der Waals surface area contributed by atoms with E-state index >= 15 is 0 Å². The number of amides is 1. The van der Waals surface area contributed by atoms with Gasteiger partial charge >= 0.3 is 0 Å². The van der Waals surface area contributed by atoms with Gasteiger partial charge in [0.15, 0.2) is 0 Å². The van der Waals surface area contributed by atoms with E-state index in [0.29, 0.717) is 19.6 Å². The van der Waals surface area contributed by atoms with Crippen molar-refractivity contribution in [1.29, 1.82) is 0 Å². The molecule has 4 heteroatoms. The Morgan fingerprint density at radius 2 is 2.13 bits per heavy atom. The second kappa shape index (κ2) is 10.4. The molecule has 0 saturated carbocycles. The Bertz CT molecular complexity index is 165. The number of ether oxygens (including phenoxy) is 1. The summed E-state index contributed by atoms with van der Waals surface area (Å²) < 4.78 is 4.95. The van der Waals surface area contributed by atoms with Crippen LogP contribution in [0.2, 0.25) is 0 Å². The number of nitrogens with one attached hydrogen (secondary N) is 1. The van der Waals surface area contributed by atoms with Crippen LogP contribution in [-0.4, -0.2) is 31.0 Å². The summed E-state index contributed by atoms with van der Waals surface area (Å²) >= 11 is 3.42. The van der Waals surface area contributed by atoms with Crippen molar-refractivity contribution >= 4 is 21.8 Å². The van der Waals surface area contributed by atoms with E-state index in [1.807, 2.05) is 0 Å². The van der Waals surface area contributed by atoms with Crippen LogP contribution in [0.4, 0.5) is 0 Å². The Kier molecular flexibility index (Phi) is 10.4. The van der Waals surface area contributed by atoms with Gasteiger partial charge in [0.05, 0.1) is 11.4 Å². The molecule has 0 rings (SSSR count). The molecule has 0 spiro atoms. The number of carbonyl (C=O) groups excluding carboxylic acids is 1. The van der Waals surface area contributed by atoms with Gasteiger partial charge < -0.3 is 10.1 Å². The molecule has 1 unspecified atom stereocenters. The molecular weight excluding hydrogens is 258 g/mol. The first-order valence-corrected chi connectivity index (χ1v) is 6.52. The SMILES string of the molecule is CCCCCCC(=O)NCC(Br)COC. The standard InChI is InChI=1S/C11H22BrNO2/c1-3-4-5-6-7-11(14)13-8-10(12)9-15-2/h10H,3-9H2,1-2H3,(H,13,14). The number of unbranched alkanes of at least 4 members (excludes halogenated alkanes) is 3. The lowest BCUT2D eigenvalue weighted by atomic mass is 10.1. The first-order chi connectivity index (χ1) is 7.20. The van der Waals surface area contributed by atoms with E-state index in [-0.39, 0.29) is 10.7 Å². The molecule has 0 heterocycles. The Morgan fingerprint density at radius 3 is 2.73 bits per heavy atom. The van der Waals surface area contributed by atoms with Gasteiger partial charge in [-0.3, -0.25) is 4.79 Å². The lowest BCUT2D eigenvalue weighted by molar-refractivity contribution is -0.121. The predicted octanol–water partition coefficient (Wildman–Crippen LogP) is 2.48. The van der Waals surface area contributed by atoms with Crippen LogP contribution >= 0.6 is 15.9 Å². The van der Waals surface area contributed by atoms with Crippen LogP contribution in [0.1, 0.15) is 39.0 Å². The topological polar surface area (TPSA) is 38.3 Å². The normalized spacial score (nSPS) is 12.5. The molecule has 0 fully saturated rings. The van der Waals surface area contributed by atoms with E-state index in [2.05, 4.69) is 28.2 Å². The van der Waals surface area contributed by atoms with Gasteiger partial charge in [0.2, 0.25) is 5.91 Å². The predicted molar refractivity (Wildman–Crippen MR) is 66.4 cm³/mol. The summed E-state index contributed by atoms with van der Waals surface area (Å²) in [6.45, 7) is 3.43. The molecule has 0 aliphatic heterocycles. The highest BCUT2D eigenvalue weighted by atomic mass is 79.9. The van der Waals surface area contributed by atoms with Crippen LogP contribution in [0, 0.1) is 0 Å². The van der Waals surface area contributed by atoms with Crippen LogP contribution in [-0.2, 0) is 9.53 Å². The molecule has 0 bridgehead atoms. The summed E-state index contributed by atoms with van der Waals surface area (Å²) in [4.78, 5) is 11.6. The minimum atomic E-state index is 0.145. The molecule has 1 amide bonds. The summed E-state index contributed by atoms with van der Waals surface area (Å²) in [6, 6.07) is 0. The molecule has 3 nitrogen and oxygen atoms in total. The average Bonchev–Trinajstić information content (AvgIpc) is 2.22.